The highest BCUT2D eigenvalue weighted by Gasteiger charge is 2.33. The summed E-state index contributed by atoms with van der Waals surface area (Å²) in [7, 11) is 0. The van der Waals surface area contributed by atoms with Crippen LogP contribution in [-0.4, -0.2) is 45.5 Å². The van der Waals surface area contributed by atoms with E-state index in [-0.39, 0.29) is 30.1 Å². The van der Waals surface area contributed by atoms with Crippen LogP contribution < -0.4 is 0 Å². The molecular weight excluding hydrogens is 421 g/mol. The van der Waals surface area contributed by atoms with E-state index in [1.54, 1.807) is 36.1 Å². The van der Waals surface area contributed by atoms with Gasteiger partial charge in [-0.2, -0.15) is 13.2 Å². The van der Waals surface area contributed by atoms with Crippen LogP contribution in [0.25, 0.3) is 0 Å². The lowest BCUT2D eigenvalue weighted by molar-refractivity contribution is -0.138. The minimum atomic E-state index is -4.43. The predicted molar refractivity (Wildman–Crippen MR) is 110 cm³/mol. The highest BCUT2D eigenvalue weighted by atomic mass is 19.4. The maximum absolute atomic E-state index is 13.3. The Morgan fingerprint density at radius 1 is 1.12 bits per heavy atom. The summed E-state index contributed by atoms with van der Waals surface area (Å²) >= 11 is 0. The van der Waals surface area contributed by atoms with Crippen LogP contribution >= 0.6 is 0 Å². The van der Waals surface area contributed by atoms with Gasteiger partial charge in [0.05, 0.1) is 36.3 Å². The van der Waals surface area contributed by atoms with E-state index in [2.05, 4.69) is 15.0 Å². The van der Waals surface area contributed by atoms with Crippen molar-refractivity contribution < 1.29 is 22.7 Å². The van der Waals surface area contributed by atoms with Gasteiger partial charge in [-0.15, -0.1) is 0 Å². The van der Waals surface area contributed by atoms with E-state index >= 15 is 0 Å². The number of carbonyl (C=O) groups excluding carboxylic acids is 1. The molecule has 4 rings (SSSR count). The van der Waals surface area contributed by atoms with Gasteiger partial charge in [-0.25, -0.2) is 4.98 Å². The molecule has 6 nitrogen and oxygen atoms in total. The van der Waals surface area contributed by atoms with Gasteiger partial charge in [0.15, 0.2) is 0 Å². The summed E-state index contributed by atoms with van der Waals surface area (Å²) in [5.41, 5.74) is 1.52. The maximum atomic E-state index is 13.3. The molecule has 0 unspecified atom stereocenters. The fourth-order valence-electron chi connectivity index (χ4n) is 3.60. The third-order valence-corrected chi connectivity index (χ3v) is 5.21. The molecule has 3 heterocycles. The summed E-state index contributed by atoms with van der Waals surface area (Å²) < 4.78 is 45.8. The number of morpholine rings is 1. The van der Waals surface area contributed by atoms with Gasteiger partial charge in [-0.1, -0.05) is 24.3 Å². The average Bonchev–Trinajstić information content (AvgIpc) is 2.79. The van der Waals surface area contributed by atoms with Gasteiger partial charge in [-0.05, 0) is 30.7 Å². The second-order valence-electron chi connectivity index (χ2n) is 7.54. The molecule has 1 aliphatic rings. The van der Waals surface area contributed by atoms with Crippen molar-refractivity contribution in [3.8, 4) is 0 Å². The quantitative estimate of drug-likeness (QED) is 0.611. The van der Waals surface area contributed by atoms with Gasteiger partial charge in [0.25, 0.3) is 5.91 Å². The zero-order valence-corrected chi connectivity index (χ0v) is 17.3. The summed E-state index contributed by atoms with van der Waals surface area (Å²) in [6, 6.07) is 10.7. The summed E-state index contributed by atoms with van der Waals surface area (Å²) in [6.45, 7) is 2.78. The Kier molecular flexibility index (Phi) is 6.18. The molecule has 1 saturated heterocycles. The molecule has 0 bridgehead atoms. The second kappa shape index (κ2) is 9.04. The Bertz CT molecular complexity index is 1100. The van der Waals surface area contributed by atoms with Crippen molar-refractivity contribution in [2.75, 3.05) is 19.7 Å². The van der Waals surface area contributed by atoms with Crippen LogP contribution in [0, 0.1) is 6.92 Å². The standard InChI is InChI=1S/C23H21F3N4O2/c1-15-12-28-20(13-27-15)22(31)30-9-10-32-21(14-30)19-8-4-6-17(29-19)11-16-5-2-3-7-18(16)23(24,25)26/h2-8,12-13,21H,9-11,14H2,1H3/t21-/m0/s1. The van der Waals surface area contributed by atoms with Crippen molar-refractivity contribution in [1.82, 2.24) is 19.9 Å². The first kappa shape index (κ1) is 21.9. The Morgan fingerprint density at radius 3 is 2.69 bits per heavy atom. The van der Waals surface area contributed by atoms with E-state index in [4.69, 9.17) is 4.74 Å². The lowest BCUT2D eigenvalue weighted by atomic mass is 10.0. The number of rotatable bonds is 4. The first-order valence-electron chi connectivity index (χ1n) is 10.1. The smallest absolute Gasteiger partial charge is 0.368 e. The Morgan fingerprint density at radius 2 is 1.94 bits per heavy atom. The SMILES string of the molecule is Cc1cnc(C(=O)N2CCO[C@H](c3cccc(Cc4ccccc4C(F)(F)F)n3)C2)cn1. The van der Waals surface area contributed by atoms with Crippen molar-refractivity contribution in [3.05, 3.63) is 88.8 Å². The Hall–Kier alpha value is -3.33. The van der Waals surface area contributed by atoms with Crippen LogP contribution in [0.5, 0.6) is 0 Å². The molecule has 166 valence electrons. The molecule has 1 aliphatic heterocycles. The van der Waals surface area contributed by atoms with Gasteiger partial charge in [0.2, 0.25) is 0 Å². The molecule has 1 aromatic carbocycles. The molecule has 0 N–H and O–H groups in total. The molecule has 0 radical (unpaired) electrons. The summed E-state index contributed by atoms with van der Waals surface area (Å²) in [6.07, 6.45) is -1.89. The average molecular weight is 442 g/mol. The maximum Gasteiger partial charge on any atom is 0.416 e. The summed E-state index contributed by atoms with van der Waals surface area (Å²) in [5.74, 6) is -0.249. The van der Waals surface area contributed by atoms with Crippen LogP contribution in [0.1, 0.15) is 44.8 Å². The molecule has 9 heteroatoms. The van der Waals surface area contributed by atoms with Crippen LogP contribution in [-0.2, 0) is 17.3 Å². The number of hydrogen-bond acceptors (Lipinski definition) is 5. The monoisotopic (exact) mass is 442 g/mol. The molecule has 3 aromatic rings. The first-order valence-corrected chi connectivity index (χ1v) is 10.1. The number of amides is 1. The summed E-state index contributed by atoms with van der Waals surface area (Å²) in [5, 5.41) is 0. The molecule has 0 saturated carbocycles. The van der Waals surface area contributed by atoms with Crippen molar-refractivity contribution in [1.29, 1.82) is 0 Å². The normalized spacial score (nSPS) is 16.8. The van der Waals surface area contributed by atoms with Crippen LogP contribution in [0.15, 0.2) is 54.9 Å². The van der Waals surface area contributed by atoms with E-state index < -0.39 is 17.8 Å². The van der Waals surface area contributed by atoms with E-state index in [0.717, 1.165) is 11.8 Å². The van der Waals surface area contributed by atoms with Gasteiger partial charge < -0.3 is 9.64 Å². The number of ether oxygens (including phenoxy) is 1. The van der Waals surface area contributed by atoms with Crippen LogP contribution in [0.2, 0.25) is 0 Å². The fourth-order valence-corrected chi connectivity index (χ4v) is 3.60. The molecule has 1 fully saturated rings. The molecule has 2 aromatic heterocycles. The zero-order chi connectivity index (χ0) is 22.7. The predicted octanol–water partition coefficient (Wildman–Crippen LogP) is 4.00. The first-order chi connectivity index (χ1) is 15.3. The molecule has 32 heavy (non-hydrogen) atoms. The van der Waals surface area contributed by atoms with Crippen LogP contribution in [0.3, 0.4) is 0 Å². The molecule has 0 aliphatic carbocycles. The Balaban J connectivity index is 1.51. The number of nitrogens with zero attached hydrogens (tertiary/aromatic N) is 4. The van der Waals surface area contributed by atoms with Gasteiger partial charge in [-0.3, -0.25) is 14.8 Å². The number of halogens is 3. The fraction of sp³-hybridized carbons (Fsp3) is 0.304. The van der Waals surface area contributed by atoms with Gasteiger partial charge >= 0.3 is 6.18 Å². The third kappa shape index (κ3) is 4.94. The molecular formula is C23H21F3N4O2. The number of aryl methyl sites for hydroxylation is 1. The topological polar surface area (TPSA) is 68.2 Å². The number of aromatic nitrogens is 3. The lowest BCUT2D eigenvalue weighted by Gasteiger charge is -2.32. The highest BCUT2D eigenvalue weighted by Crippen LogP contribution is 2.33. The van der Waals surface area contributed by atoms with Crippen molar-refractivity contribution in [3.63, 3.8) is 0 Å². The molecule has 0 spiro atoms. The number of alkyl halides is 3. The zero-order valence-electron chi connectivity index (χ0n) is 17.3. The van der Waals surface area contributed by atoms with Crippen molar-refractivity contribution >= 4 is 5.91 Å². The largest absolute Gasteiger partial charge is 0.416 e. The van der Waals surface area contributed by atoms with E-state index in [9.17, 15) is 18.0 Å². The van der Waals surface area contributed by atoms with Crippen LogP contribution in [0.4, 0.5) is 13.2 Å². The third-order valence-electron chi connectivity index (χ3n) is 5.21. The van der Waals surface area contributed by atoms with E-state index in [1.807, 2.05) is 0 Å². The molecule has 1 atom stereocenters. The number of pyridine rings is 1. The minimum absolute atomic E-state index is 0.0395. The number of benzene rings is 1. The molecule has 1 amide bonds. The number of hydrogen-bond donors (Lipinski definition) is 0. The van der Waals surface area contributed by atoms with Gasteiger partial charge in [0.1, 0.15) is 11.8 Å². The number of carbonyl (C=O) groups is 1. The van der Waals surface area contributed by atoms with E-state index in [1.165, 1.54) is 24.5 Å². The summed E-state index contributed by atoms with van der Waals surface area (Å²) in [4.78, 5) is 27.2. The second-order valence-corrected chi connectivity index (χ2v) is 7.54. The van der Waals surface area contributed by atoms with E-state index in [0.29, 0.717) is 24.5 Å². The highest BCUT2D eigenvalue weighted by molar-refractivity contribution is 5.92. The van der Waals surface area contributed by atoms with Crippen molar-refractivity contribution in [2.24, 2.45) is 0 Å². The minimum Gasteiger partial charge on any atom is -0.368 e. The van der Waals surface area contributed by atoms with Gasteiger partial charge in [0, 0.05) is 24.9 Å². The Labute approximate surface area is 183 Å². The lowest BCUT2D eigenvalue weighted by Crippen LogP contribution is -2.42. The van der Waals surface area contributed by atoms with Crippen molar-refractivity contribution in [2.45, 2.75) is 25.6 Å².